The number of hydrogen-bond acceptors (Lipinski definition) is 23. The van der Waals surface area contributed by atoms with E-state index in [0.717, 1.165) is 34.8 Å². The number of rotatable bonds is 23. The van der Waals surface area contributed by atoms with Crippen LogP contribution in [0.25, 0.3) is 32.2 Å². The van der Waals surface area contributed by atoms with E-state index < -0.39 is 20.2 Å². The quantitative estimate of drug-likeness (QED) is 0.0172. The Balaban J connectivity index is 1.33. The second-order valence-electron chi connectivity index (χ2n) is 16.4. The predicted octanol–water partition coefficient (Wildman–Crippen LogP) is 12.4. The summed E-state index contributed by atoms with van der Waals surface area (Å²) in [5.74, 6) is 1.19. The van der Waals surface area contributed by atoms with Gasteiger partial charge in [0.2, 0.25) is 11.9 Å². The van der Waals surface area contributed by atoms with Gasteiger partial charge in [0.05, 0.1) is 77.9 Å². The third-order valence-electron chi connectivity index (χ3n) is 11.7. The minimum atomic E-state index is -4.58. The number of aryl methyl sites for hydroxylation is 2. The number of methoxy groups -OCH3 is 2. The molecule has 3 heterocycles. The number of thioether (sulfide) groups is 1. The van der Waals surface area contributed by atoms with Crippen molar-refractivity contribution in [1.29, 1.82) is 0 Å². The van der Waals surface area contributed by atoms with Crippen LogP contribution in [-0.2, 0) is 20.2 Å². The smallest absolute Gasteiger partial charge is 0.294 e. The molecule has 0 saturated carbocycles. The summed E-state index contributed by atoms with van der Waals surface area (Å²) >= 11 is 2.89. The van der Waals surface area contributed by atoms with Crippen molar-refractivity contribution < 1.29 is 40.5 Å². The molecule has 0 fully saturated rings. The number of nitrogens with zero attached hydrogens (tertiary/aromatic N) is 13. The highest BCUT2D eigenvalue weighted by atomic mass is 32.2. The van der Waals surface area contributed by atoms with Gasteiger partial charge in [0.15, 0.2) is 15.2 Å². The minimum Gasteiger partial charge on any atom is -0.494 e. The van der Waals surface area contributed by atoms with Gasteiger partial charge in [-0.2, -0.15) is 31.8 Å². The zero-order chi connectivity index (χ0) is 56.5. The number of ether oxygens (including phenoxy) is 2. The van der Waals surface area contributed by atoms with Crippen LogP contribution in [0.4, 0.5) is 67.4 Å². The molecule has 29 heteroatoms. The van der Waals surface area contributed by atoms with E-state index in [1.807, 2.05) is 27.7 Å². The zero-order valence-electron chi connectivity index (χ0n) is 43.2. The fourth-order valence-electron chi connectivity index (χ4n) is 7.86. The van der Waals surface area contributed by atoms with Crippen LogP contribution in [0, 0.1) is 27.0 Å². The molecule has 4 aromatic carbocycles. The van der Waals surface area contributed by atoms with Crippen molar-refractivity contribution in [1.82, 2.24) is 23.7 Å². The summed E-state index contributed by atoms with van der Waals surface area (Å²) < 4.78 is 88.8. The Morgan fingerprint density at radius 2 is 1.05 bits per heavy atom. The van der Waals surface area contributed by atoms with Crippen LogP contribution in [0.3, 0.4) is 0 Å². The number of aliphatic hydroxyl groups excluding tert-OH is 1. The van der Waals surface area contributed by atoms with Gasteiger partial charge in [0.1, 0.15) is 22.9 Å². The molecule has 7 rings (SSSR count). The van der Waals surface area contributed by atoms with E-state index in [-0.39, 0.29) is 94.5 Å². The van der Waals surface area contributed by atoms with Crippen LogP contribution in [0.5, 0.6) is 11.5 Å². The number of azo groups is 2. The van der Waals surface area contributed by atoms with Gasteiger partial charge in [0.25, 0.3) is 31.6 Å². The monoisotopic (exact) mass is 1150 g/mol. The minimum absolute atomic E-state index is 0.00167. The van der Waals surface area contributed by atoms with Crippen molar-refractivity contribution in [3.8, 4) is 34.0 Å². The Kier molecular flexibility index (Phi) is 18.7. The van der Waals surface area contributed by atoms with E-state index in [0.29, 0.717) is 71.6 Å². The molecule has 7 aromatic rings. The fourth-order valence-corrected chi connectivity index (χ4v) is 11.3. The normalized spacial score (nSPS) is 11.7. The van der Waals surface area contributed by atoms with E-state index in [1.54, 1.807) is 36.4 Å². The summed E-state index contributed by atoms with van der Waals surface area (Å²) in [7, 11) is -6.11. The molecule has 24 nitrogen and oxygen atoms in total. The molecule has 5 N–H and O–H groups in total. The molecule has 0 spiro atoms. The number of aliphatic hydroxyl groups is 1. The standard InChI is InChI=1S/C49H51N15O9S5/c1-11-63(12-2)35-23-31(33(25-37(35)72-9)57-59-45-43(50-7)41(61-75-45)29-17-15-27(5)39(21-29)77(66,67)68)52-47-54-48(56-49(55-47)74-20-19-65)53-32-24-36(64(13-3)14-4)38(73-10)26-34(32)58-60-46-44(51-8)42(62-76-46)30-18-16-28(6)40(22-30)78(69,70)71/h15-18,21-26,65H,11-14,19-20H2,1-6,9-10H3,(H,66,67,68)(H,69,70,71)(H2,52,53,54,55,56). The first-order valence-electron chi connectivity index (χ1n) is 23.6. The van der Waals surface area contributed by atoms with Crippen molar-refractivity contribution in [2.24, 2.45) is 20.5 Å². The molecule has 0 unspecified atom stereocenters. The Morgan fingerprint density at radius 1 is 0.641 bits per heavy atom. The zero-order valence-corrected chi connectivity index (χ0v) is 47.2. The van der Waals surface area contributed by atoms with Gasteiger partial charge in [-0.3, -0.25) is 9.11 Å². The van der Waals surface area contributed by atoms with E-state index in [2.05, 4.69) is 69.3 Å². The largest absolute Gasteiger partial charge is 0.494 e. The van der Waals surface area contributed by atoms with Gasteiger partial charge in [-0.15, -0.1) is 20.5 Å². The van der Waals surface area contributed by atoms with Gasteiger partial charge >= 0.3 is 0 Å². The van der Waals surface area contributed by atoms with E-state index in [9.17, 15) is 31.0 Å². The van der Waals surface area contributed by atoms with Crippen LogP contribution in [0.15, 0.2) is 96.1 Å². The van der Waals surface area contributed by atoms with Crippen LogP contribution >= 0.6 is 34.8 Å². The summed E-state index contributed by atoms with van der Waals surface area (Å²) in [6.07, 6.45) is 0. The maximum atomic E-state index is 12.1. The second kappa shape index (κ2) is 25.2. The van der Waals surface area contributed by atoms with Crippen molar-refractivity contribution >= 4 is 122 Å². The average Bonchev–Trinajstić information content (AvgIpc) is 4.03. The third kappa shape index (κ3) is 13.0. The van der Waals surface area contributed by atoms with Gasteiger partial charge < -0.3 is 35.0 Å². The number of nitrogens with one attached hydrogen (secondary N) is 2. The maximum absolute atomic E-state index is 12.1. The van der Waals surface area contributed by atoms with Gasteiger partial charge in [0, 0.05) is 44.1 Å². The summed E-state index contributed by atoms with van der Waals surface area (Å²) in [6.45, 7) is 29.4. The molecule has 0 saturated heterocycles. The predicted molar refractivity (Wildman–Crippen MR) is 302 cm³/mol. The first-order chi connectivity index (χ1) is 37.3. The van der Waals surface area contributed by atoms with Crippen LogP contribution in [-0.4, -0.2) is 108 Å². The molecule has 0 aliphatic heterocycles. The van der Waals surface area contributed by atoms with Crippen molar-refractivity contribution in [3.63, 3.8) is 0 Å². The maximum Gasteiger partial charge on any atom is 0.294 e. The summed E-state index contributed by atoms with van der Waals surface area (Å²) in [5.41, 5.74) is 3.99. The Bertz CT molecular complexity index is 3520. The van der Waals surface area contributed by atoms with E-state index in [1.165, 1.54) is 52.3 Å². The lowest BCUT2D eigenvalue weighted by atomic mass is 10.1. The molecule has 0 aliphatic rings. The second-order valence-corrected chi connectivity index (χ2v) is 21.8. The van der Waals surface area contributed by atoms with E-state index in [4.69, 9.17) is 27.6 Å². The fraction of sp³-hybridized carbons (Fsp3) is 0.286. The highest BCUT2D eigenvalue weighted by Gasteiger charge is 2.24. The molecular weight excluding hydrogens is 1100 g/mol. The Morgan fingerprint density at radius 3 is 1.40 bits per heavy atom. The average molecular weight is 1150 g/mol. The Hall–Kier alpha value is -7.74. The number of anilines is 6. The topological polar surface area (TPSA) is 301 Å². The summed E-state index contributed by atoms with van der Waals surface area (Å²) in [5, 5.41) is 35.0. The lowest BCUT2D eigenvalue weighted by Gasteiger charge is -2.25. The molecule has 0 atom stereocenters. The van der Waals surface area contributed by atoms with Gasteiger partial charge in [-0.1, -0.05) is 36.0 Å². The lowest BCUT2D eigenvalue weighted by Crippen LogP contribution is -2.22. The number of aromatic nitrogens is 5. The highest BCUT2D eigenvalue weighted by molar-refractivity contribution is 7.99. The van der Waals surface area contributed by atoms with Gasteiger partial charge in [-0.05, 0) is 111 Å². The first-order valence-corrected chi connectivity index (χ1v) is 29.0. The first kappa shape index (κ1) is 58.0. The summed E-state index contributed by atoms with van der Waals surface area (Å²) in [6, 6.07) is 15.6. The SMILES string of the molecule is [C-]#[N+]c1c(-c2ccc(C)c(S(=O)(=O)O)c2)nsc1N=Nc1cc(OC)c(N(CC)CC)cc1Nc1nc(Nc2cc(N(CC)CC)c(OC)cc2N=Nc2snc(-c3ccc(C)c(S(=O)(=O)O)c3)c2[N+]#[C-])nc(SCCO)n1. The van der Waals surface area contributed by atoms with Crippen molar-refractivity contribution in [2.75, 3.05) is 73.2 Å². The number of hydrogen-bond donors (Lipinski definition) is 5. The molecule has 78 heavy (non-hydrogen) atoms. The molecule has 406 valence electrons. The lowest BCUT2D eigenvalue weighted by molar-refractivity contribution is 0.322. The molecule has 0 amide bonds. The summed E-state index contributed by atoms with van der Waals surface area (Å²) in [4.78, 5) is 25.0. The number of benzene rings is 4. The van der Waals surface area contributed by atoms with E-state index >= 15 is 0 Å². The third-order valence-corrected chi connectivity index (χ3v) is 16.0. The highest BCUT2D eigenvalue weighted by Crippen LogP contribution is 2.47. The van der Waals surface area contributed by atoms with Crippen LogP contribution in [0.1, 0.15) is 38.8 Å². The van der Waals surface area contributed by atoms with Crippen LogP contribution in [0.2, 0.25) is 0 Å². The van der Waals surface area contributed by atoms with Crippen molar-refractivity contribution in [2.45, 2.75) is 56.5 Å². The molecular formula is C49H51N15O9S5. The van der Waals surface area contributed by atoms with Gasteiger partial charge in [-0.25, -0.2) is 18.4 Å². The molecule has 0 radical (unpaired) electrons. The molecule has 0 aliphatic carbocycles. The van der Waals surface area contributed by atoms with Crippen LogP contribution < -0.4 is 29.9 Å². The Labute approximate surface area is 462 Å². The molecule has 3 aromatic heterocycles. The van der Waals surface area contributed by atoms with Crippen molar-refractivity contribution in [3.05, 3.63) is 94.6 Å². The molecule has 0 bridgehead atoms.